The molecule has 3 aromatic rings. The molecule has 7 heteroatoms. The second-order valence-corrected chi connectivity index (χ2v) is 7.35. The van der Waals surface area contributed by atoms with Crippen molar-refractivity contribution in [1.29, 1.82) is 0 Å². The molecule has 31 heavy (non-hydrogen) atoms. The molecule has 1 unspecified atom stereocenters. The Morgan fingerprint density at radius 1 is 1.06 bits per heavy atom. The minimum absolute atomic E-state index is 0.0946. The summed E-state index contributed by atoms with van der Waals surface area (Å²) in [6.07, 6.45) is 0.821. The average molecular weight is 421 g/mol. The van der Waals surface area contributed by atoms with Gasteiger partial charge in [-0.2, -0.15) is 5.10 Å². The van der Waals surface area contributed by atoms with Crippen molar-refractivity contribution in [3.05, 3.63) is 59.3 Å². The van der Waals surface area contributed by atoms with Gasteiger partial charge in [0.05, 0.1) is 19.3 Å². The van der Waals surface area contributed by atoms with Crippen LogP contribution in [0.1, 0.15) is 54.8 Å². The first-order valence-corrected chi connectivity index (χ1v) is 10.7. The van der Waals surface area contributed by atoms with E-state index < -0.39 is 0 Å². The Bertz CT molecular complexity index is 1090. The number of benzene rings is 2. The van der Waals surface area contributed by atoms with Crippen molar-refractivity contribution < 1.29 is 19.4 Å². The lowest BCUT2D eigenvalue weighted by Gasteiger charge is -2.26. The zero-order valence-corrected chi connectivity index (χ0v) is 18.0. The molecule has 0 saturated carbocycles. The van der Waals surface area contributed by atoms with Gasteiger partial charge in [-0.1, -0.05) is 25.1 Å². The summed E-state index contributed by atoms with van der Waals surface area (Å²) >= 11 is 0. The van der Waals surface area contributed by atoms with Crippen LogP contribution in [-0.4, -0.2) is 45.9 Å². The third-order valence-corrected chi connectivity index (χ3v) is 5.37. The van der Waals surface area contributed by atoms with Crippen molar-refractivity contribution >= 4 is 5.91 Å². The van der Waals surface area contributed by atoms with E-state index in [2.05, 4.69) is 10.2 Å². The average Bonchev–Trinajstić information content (AvgIpc) is 3.30. The number of aromatic nitrogens is 2. The summed E-state index contributed by atoms with van der Waals surface area (Å²) in [6, 6.07) is 12.5. The number of aromatic hydroxyl groups is 1. The molecule has 1 aromatic heterocycles. The fraction of sp³-hybridized carbons (Fsp3) is 0.333. The van der Waals surface area contributed by atoms with Gasteiger partial charge in [-0.15, -0.1) is 0 Å². The minimum Gasteiger partial charge on any atom is -0.507 e. The van der Waals surface area contributed by atoms with Crippen molar-refractivity contribution in [2.24, 2.45) is 0 Å². The maximum Gasteiger partial charge on any atom is 0.273 e. The SMILES string of the molecule is CCCN1C(=O)c2[nH]nc(-c3ccccc3O)c2C1c1ccc(OCC)c(OCC)c1. The molecule has 0 aliphatic carbocycles. The molecular weight excluding hydrogens is 394 g/mol. The van der Waals surface area contributed by atoms with E-state index in [0.717, 1.165) is 17.5 Å². The molecule has 1 aliphatic rings. The number of rotatable bonds is 8. The number of carbonyl (C=O) groups is 1. The van der Waals surface area contributed by atoms with E-state index in [-0.39, 0.29) is 17.7 Å². The van der Waals surface area contributed by atoms with E-state index in [1.165, 1.54) is 0 Å². The lowest BCUT2D eigenvalue weighted by molar-refractivity contribution is 0.0743. The van der Waals surface area contributed by atoms with Gasteiger partial charge >= 0.3 is 0 Å². The first-order chi connectivity index (χ1) is 15.1. The molecule has 1 aliphatic heterocycles. The highest BCUT2D eigenvalue weighted by molar-refractivity contribution is 6.00. The Labute approximate surface area is 181 Å². The van der Waals surface area contributed by atoms with Crippen LogP contribution >= 0.6 is 0 Å². The summed E-state index contributed by atoms with van der Waals surface area (Å²) in [4.78, 5) is 15.1. The number of fused-ring (bicyclic) bond motifs is 1. The first-order valence-electron chi connectivity index (χ1n) is 10.7. The van der Waals surface area contributed by atoms with Crippen molar-refractivity contribution in [3.63, 3.8) is 0 Å². The van der Waals surface area contributed by atoms with Crippen LogP contribution in [0.2, 0.25) is 0 Å². The van der Waals surface area contributed by atoms with E-state index in [0.29, 0.717) is 48.2 Å². The van der Waals surface area contributed by atoms with Gasteiger partial charge in [0.2, 0.25) is 0 Å². The van der Waals surface area contributed by atoms with Crippen LogP contribution in [0.4, 0.5) is 0 Å². The number of ether oxygens (including phenoxy) is 2. The summed E-state index contributed by atoms with van der Waals surface area (Å²) in [6.45, 7) is 7.54. The van der Waals surface area contributed by atoms with Crippen LogP contribution in [0.25, 0.3) is 11.3 Å². The van der Waals surface area contributed by atoms with E-state index >= 15 is 0 Å². The number of aromatic amines is 1. The summed E-state index contributed by atoms with van der Waals surface area (Å²) < 4.78 is 11.5. The minimum atomic E-state index is -0.342. The number of phenolic OH excluding ortho intramolecular Hbond substituents is 1. The molecule has 2 aromatic carbocycles. The fourth-order valence-electron chi connectivity index (χ4n) is 4.13. The smallest absolute Gasteiger partial charge is 0.273 e. The highest BCUT2D eigenvalue weighted by Gasteiger charge is 2.42. The van der Waals surface area contributed by atoms with Crippen molar-refractivity contribution in [3.8, 4) is 28.5 Å². The van der Waals surface area contributed by atoms with Crippen LogP contribution in [0.15, 0.2) is 42.5 Å². The molecule has 2 N–H and O–H groups in total. The Kier molecular flexibility index (Phi) is 5.84. The normalized spacial score (nSPS) is 15.3. The number of nitrogens with one attached hydrogen (secondary N) is 1. The molecule has 0 fully saturated rings. The lowest BCUT2D eigenvalue weighted by Crippen LogP contribution is -2.30. The van der Waals surface area contributed by atoms with E-state index in [1.807, 2.05) is 49.9 Å². The van der Waals surface area contributed by atoms with Crippen molar-refractivity contribution in [1.82, 2.24) is 15.1 Å². The van der Waals surface area contributed by atoms with Gasteiger partial charge in [-0.25, -0.2) is 0 Å². The second kappa shape index (κ2) is 8.71. The number of hydrogen-bond acceptors (Lipinski definition) is 5. The van der Waals surface area contributed by atoms with E-state index in [1.54, 1.807) is 18.2 Å². The largest absolute Gasteiger partial charge is 0.507 e. The van der Waals surface area contributed by atoms with Gasteiger partial charge in [0.1, 0.15) is 17.1 Å². The monoisotopic (exact) mass is 421 g/mol. The van der Waals surface area contributed by atoms with Crippen molar-refractivity contribution in [2.75, 3.05) is 19.8 Å². The number of nitrogens with zero attached hydrogens (tertiary/aromatic N) is 2. The maximum absolute atomic E-state index is 13.2. The van der Waals surface area contributed by atoms with Crippen molar-refractivity contribution in [2.45, 2.75) is 33.2 Å². The van der Waals surface area contributed by atoms with Gasteiger partial charge in [-0.3, -0.25) is 9.89 Å². The van der Waals surface area contributed by atoms with E-state index in [4.69, 9.17) is 9.47 Å². The third kappa shape index (κ3) is 3.60. The van der Waals surface area contributed by atoms with Gasteiger partial charge in [0.15, 0.2) is 11.5 Å². The zero-order valence-electron chi connectivity index (χ0n) is 18.0. The number of hydrogen-bond donors (Lipinski definition) is 2. The van der Waals surface area contributed by atoms with Gasteiger partial charge in [0.25, 0.3) is 5.91 Å². The van der Waals surface area contributed by atoms with Crippen LogP contribution in [0, 0.1) is 0 Å². The predicted octanol–water partition coefficient (Wildman–Crippen LogP) is 4.53. The molecule has 2 heterocycles. The molecular formula is C24H27N3O4. The molecule has 4 rings (SSSR count). The van der Waals surface area contributed by atoms with Crippen LogP contribution in [0.3, 0.4) is 0 Å². The molecule has 7 nitrogen and oxygen atoms in total. The molecule has 1 atom stereocenters. The molecule has 0 spiro atoms. The second-order valence-electron chi connectivity index (χ2n) is 7.35. The summed E-state index contributed by atoms with van der Waals surface area (Å²) in [5.41, 5.74) is 3.31. The zero-order chi connectivity index (χ0) is 22.0. The highest BCUT2D eigenvalue weighted by Crippen LogP contribution is 2.45. The van der Waals surface area contributed by atoms with Crippen LogP contribution < -0.4 is 9.47 Å². The van der Waals surface area contributed by atoms with Gasteiger partial charge in [0, 0.05) is 17.7 Å². The lowest BCUT2D eigenvalue weighted by atomic mass is 9.95. The molecule has 162 valence electrons. The maximum atomic E-state index is 13.2. The third-order valence-electron chi connectivity index (χ3n) is 5.37. The summed E-state index contributed by atoms with van der Waals surface area (Å²) in [5.74, 6) is 1.35. The Balaban J connectivity index is 1.88. The fourth-order valence-corrected chi connectivity index (χ4v) is 4.13. The molecule has 0 saturated heterocycles. The quantitative estimate of drug-likeness (QED) is 0.558. The summed E-state index contributed by atoms with van der Waals surface area (Å²) in [7, 11) is 0. The van der Waals surface area contributed by atoms with Gasteiger partial charge in [-0.05, 0) is 50.1 Å². The highest BCUT2D eigenvalue weighted by atomic mass is 16.5. The molecule has 0 radical (unpaired) electrons. The van der Waals surface area contributed by atoms with Gasteiger partial charge < -0.3 is 19.5 Å². The van der Waals surface area contributed by atoms with Crippen LogP contribution in [0.5, 0.6) is 17.2 Å². The Morgan fingerprint density at radius 2 is 1.81 bits per heavy atom. The number of para-hydroxylation sites is 1. The number of carbonyl (C=O) groups excluding carboxylic acids is 1. The Hall–Kier alpha value is -3.48. The standard InChI is InChI=1S/C24H27N3O4/c1-4-13-27-23(15-11-12-18(30-5-2)19(14-15)31-6-3)20-21(25-26-22(20)24(27)29)16-9-7-8-10-17(16)28/h7-12,14,23,28H,4-6,13H2,1-3H3,(H,25,26). The van der Waals surface area contributed by atoms with E-state index in [9.17, 15) is 9.90 Å². The molecule has 0 bridgehead atoms. The topological polar surface area (TPSA) is 87.7 Å². The molecule has 1 amide bonds. The summed E-state index contributed by atoms with van der Waals surface area (Å²) in [5, 5.41) is 17.7. The Morgan fingerprint density at radius 3 is 2.52 bits per heavy atom. The van der Waals surface area contributed by atoms with Crippen LogP contribution in [-0.2, 0) is 0 Å². The number of phenols is 1. The first kappa shape index (κ1) is 20.8. The number of H-pyrrole nitrogens is 1. The predicted molar refractivity (Wildman–Crippen MR) is 118 cm³/mol. The number of amides is 1.